The Hall–Kier alpha value is -2.59. The first-order valence-electron chi connectivity index (χ1n) is 9.84. The summed E-state index contributed by atoms with van der Waals surface area (Å²) in [5.41, 5.74) is 6.41. The zero-order valence-electron chi connectivity index (χ0n) is 17.2. The zero-order chi connectivity index (χ0) is 22.4. The van der Waals surface area contributed by atoms with Crippen LogP contribution in [0.25, 0.3) is 11.0 Å². The molecule has 0 radical (unpaired) electrons. The van der Waals surface area contributed by atoms with E-state index < -0.39 is 24.0 Å². The number of hydrogen-bond acceptors (Lipinski definition) is 6. The SMILES string of the molecule is CCOc1c(C(C)n2nc(C(F)F)c3c(N)ncnc32)cc(Cl)c(F)c1C1CN(C)C1. The molecule has 1 atom stereocenters. The van der Waals surface area contributed by atoms with Gasteiger partial charge in [0.05, 0.1) is 23.1 Å². The summed E-state index contributed by atoms with van der Waals surface area (Å²) >= 11 is 6.24. The molecule has 2 aromatic heterocycles. The molecule has 7 nitrogen and oxygen atoms in total. The molecule has 166 valence electrons. The molecule has 3 aromatic rings. The molecule has 1 aliphatic rings. The molecule has 31 heavy (non-hydrogen) atoms. The topological polar surface area (TPSA) is 82.1 Å². The third-order valence-electron chi connectivity index (χ3n) is 5.57. The summed E-state index contributed by atoms with van der Waals surface area (Å²) in [6, 6.07) is 0.818. The van der Waals surface area contributed by atoms with E-state index in [1.165, 1.54) is 17.1 Å². The van der Waals surface area contributed by atoms with Crippen LogP contribution in [-0.2, 0) is 0 Å². The van der Waals surface area contributed by atoms with Crippen molar-refractivity contribution in [1.82, 2.24) is 24.6 Å². The minimum atomic E-state index is -2.87. The van der Waals surface area contributed by atoms with Crippen LogP contribution < -0.4 is 10.5 Å². The number of hydrogen-bond donors (Lipinski definition) is 1. The first-order chi connectivity index (χ1) is 14.7. The van der Waals surface area contributed by atoms with E-state index in [0.717, 1.165) is 0 Å². The lowest BCUT2D eigenvalue weighted by molar-refractivity contribution is 0.146. The number of nitrogens with two attached hydrogens (primary N) is 1. The van der Waals surface area contributed by atoms with E-state index in [2.05, 4.69) is 20.0 Å². The van der Waals surface area contributed by atoms with Crippen molar-refractivity contribution in [3.63, 3.8) is 0 Å². The molecule has 4 rings (SSSR count). The summed E-state index contributed by atoms with van der Waals surface area (Å²) < 4.78 is 49.5. The molecule has 1 saturated heterocycles. The Morgan fingerprint density at radius 3 is 2.65 bits per heavy atom. The summed E-state index contributed by atoms with van der Waals surface area (Å²) in [6.45, 7) is 5.16. The fourth-order valence-electron chi connectivity index (χ4n) is 4.09. The van der Waals surface area contributed by atoms with Crippen molar-refractivity contribution in [3.05, 3.63) is 40.1 Å². The number of ether oxygens (including phenoxy) is 1. The smallest absolute Gasteiger partial charge is 0.282 e. The van der Waals surface area contributed by atoms with Gasteiger partial charge in [0, 0.05) is 30.1 Å². The minimum Gasteiger partial charge on any atom is -0.493 e. The molecule has 0 amide bonds. The van der Waals surface area contributed by atoms with E-state index in [1.54, 1.807) is 13.8 Å². The van der Waals surface area contributed by atoms with Crippen LogP contribution in [0.2, 0.25) is 5.02 Å². The Bertz CT molecular complexity index is 1130. The fourth-order valence-corrected chi connectivity index (χ4v) is 4.31. The second kappa shape index (κ2) is 8.16. The van der Waals surface area contributed by atoms with E-state index in [4.69, 9.17) is 22.1 Å². The van der Waals surface area contributed by atoms with Crippen LogP contribution in [-0.4, -0.2) is 51.4 Å². The summed E-state index contributed by atoms with van der Waals surface area (Å²) in [5, 5.41) is 4.02. The number of nitrogens with zero attached hydrogens (tertiary/aromatic N) is 5. The third-order valence-corrected chi connectivity index (χ3v) is 5.84. The van der Waals surface area contributed by atoms with Crippen molar-refractivity contribution in [2.45, 2.75) is 32.2 Å². The van der Waals surface area contributed by atoms with Crippen LogP contribution >= 0.6 is 11.6 Å². The van der Waals surface area contributed by atoms with Crippen LogP contribution in [0.5, 0.6) is 5.75 Å². The van der Waals surface area contributed by atoms with Gasteiger partial charge < -0.3 is 15.4 Å². The predicted molar refractivity (Wildman–Crippen MR) is 111 cm³/mol. The Labute approximate surface area is 182 Å². The molecule has 0 aliphatic carbocycles. The standard InChI is InChI=1S/C20H22ClF3N6O/c1-4-31-17-11(5-12(21)15(22)13(17)10-6-29(3)7-10)9(2)30-20-14(16(28-30)18(23)24)19(25)26-8-27-20/h5,8-10,18H,4,6-7H2,1-3H3,(H2,25,26,27). The van der Waals surface area contributed by atoms with Crippen LogP contribution in [0.1, 0.15) is 49.1 Å². The van der Waals surface area contributed by atoms with Gasteiger partial charge in [-0.25, -0.2) is 27.8 Å². The Morgan fingerprint density at radius 1 is 1.32 bits per heavy atom. The molecular formula is C20H22ClF3N6O. The largest absolute Gasteiger partial charge is 0.493 e. The number of nitrogen functional groups attached to an aromatic ring is 1. The number of likely N-dealkylation sites (tertiary alicyclic amines) is 1. The summed E-state index contributed by atoms with van der Waals surface area (Å²) in [6.07, 6.45) is -1.68. The number of aromatic nitrogens is 4. The monoisotopic (exact) mass is 454 g/mol. The Balaban J connectivity index is 1.92. The highest BCUT2D eigenvalue weighted by molar-refractivity contribution is 6.31. The highest BCUT2D eigenvalue weighted by Crippen LogP contribution is 2.43. The molecule has 0 saturated carbocycles. The molecule has 1 aliphatic heterocycles. The van der Waals surface area contributed by atoms with Gasteiger partial charge in [0.15, 0.2) is 5.65 Å². The molecular weight excluding hydrogens is 433 g/mol. The predicted octanol–water partition coefficient (Wildman–Crippen LogP) is 4.18. The third kappa shape index (κ3) is 3.57. The Morgan fingerprint density at radius 2 is 2.03 bits per heavy atom. The maximum absolute atomic E-state index is 15.1. The lowest BCUT2D eigenvalue weighted by Crippen LogP contribution is -2.42. The van der Waals surface area contributed by atoms with Gasteiger partial charge in [0.1, 0.15) is 29.4 Å². The summed E-state index contributed by atoms with van der Waals surface area (Å²) in [4.78, 5) is 9.99. The first-order valence-corrected chi connectivity index (χ1v) is 10.2. The molecule has 0 bridgehead atoms. The van der Waals surface area contributed by atoms with Gasteiger partial charge in [-0.2, -0.15) is 5.10 Å². The van der Waals surface area contributed by atoms with Gasteiger partial charge in [-0.1, -0.05) is 11.6 Å². The molecule has 11 heteroatoms. The number of anilines is 1. The average molecular weight is 455 g/mol. The molecule has 3 heterocycles. The number of alkyl halides is 2. The maximum Gasteiger partial charge on any atom is 0.282 e. The van der Waals surface area contributed by atoms with Crippen molar-refractivity contribution < 1.29 is 17.9 Å². The molecule has 1 fully saturated rings. The van der Waals surface area contributed by atoms with Crippen molar-refractivity contribution in [2.75, 3.05) is 32.5 Å². The number of fused-ring (bicyclic) bond motifs is 1. The van der Waals surface area contributed by atoms with Gasteiger partial charge in [0.25, 0.3) is 6.43 Å². The lowest BCUT2D eigenvalue weighted by Gasteiger charge is -2.38. The van der Waals surface area contributed by atoms with Crippen molar-refractivity contribution in [2.24, 2.45) is 0 Å². The Kier molecular flexibility index (Phi) is 5.69. The second-order valence-corrected chi connectivity index (χ2v) is 8.03. The molecule has 1 unspecified atom stereocenters. The summed E-state index contributed by atoms with van der Waals surface area (Å²) in [7, 11) is 1.94. The molecule has 0 spiro atoms. The maximum atomic E-state index is 15.1. The molecule has 2 N–H and O–H groups in total. The lowest BCUT2D eigenvalue weighted by atomic mass is 9.88. The molecule has 1 aromatic carbocycles. The number of benzene rings is 1. The van der Waals surface area contributed by atoms with Gasteiger partial charge in [0.2, 0.25) is 0 Å². The normalized spacial score (nSPS) is 16.1. The fraction of sp³-hybridized carbons (Fsp3) is 0.450. The van der Waals surface area contributed by atoms with Crippen LogP contribution in [0.15, 0.2) is 12.4 Å². The van der Waals surface area contributed by atoms with E-state index in [9.17, 15) is 8.78 Å². The number of halogens is 4. The van der Waals surface area contributed by atoms with E-state index in [0.29, 0.717) is 36.6 Å². The second-order valence-electron chi connectivity index (χ2n) is 7.62. The number of likely N-dealkylation sites (N-methyl/N-ethyl adjacent to an activating group) is 1. The zero-order valence-corrected chi connectivity index (χ0v) is 18.0. The van der Waals surface area contributed by atoms with Gasteiger partial charge >= 0.3 is 0 Å². The minimum absolute atomic E-state index is 0.00337. The highest BCUT2D eigenvalue weighted by Gasteiger charge is 2.35. The quantitative estimate of drug-likeness (QED) is 0.601. The van der Waals surface area contributed by atoms with E-state index >= 15 is 4.39 Å². The van der Waals surface area contributed by atoms with E-state index in [-0.39, 0.29) is 27.8 Å². The average Bonchev–Trinajstić information content (AvgIpc) is 3.10. The number of rotatable bonds is 6. The van der Waals surface area contributed by atoms with Crippen LogP contribution in [0.4, 0.5) is 19.0 Å². The van der Waals surface area contributed by atoms with Gasteiger partial charge in [-0.15, -0.1) is 0 Å². The van der Waals surface area contributed by atoms with Crippen molar-refractivity contribution in [1.29, 1.82) is 0 Å². The van der Waals surface area contributed by atoms with E-state index in [1.807, 2.05) is 7.05 Å². The van der Waals surface area contributed by atoms with Crippen molar-refractivity contribution >= 4 is 28.5 Å². The van der Waals surface area contributed by atoms with Gasteiger partial charge in [-0.3, -0.25) is 0 Å². The summed E-state index contributed by atoms with van der Waals surface area (Å²) in [5.74, 6) is -0.331. The van der Waals surface area contributed by atoms with Gasteiger partial charge in [-0.05, 0) is 27.0 Å². The van der Waals surface area contributed by atoms with Crippen molar-refractivity contribution in [3.8, 4) is 5.75 Å². The van der Waals surface area contributed by atoms with Crippen LogP contribution in [0.3, 0.4) is 0 Å². The highest BCUT2D eigenvalue weighted by atomic mass is 35.5. The first kappa shape index (κ1) is 21.6. The van der Waals surface area contributed by atoms with Crippen LogP contribution in [0, 0.1) is 5.82 Å².